The lowest BCUT2D eigenvalue weighted by Gasteiger charge is -2.26. The van der Waals surface area contributed by atoms with Crippen molar-refractivity contribution in [3.8, 4) is 10.8 Å². The van der Waals surface area contributed by atoms with E-state index in [-0.39, 0.29) is 17.0 Å². The summed E-state index contributed by atoms with van der Waals surface area (Å²) < 4.78 is 6.80. The molecule has 5 rings (SSSR count). The fourth-order valence-corrected chi connectivity index (χ4v) is 5.33. The number of para-hydroxylation sites is 1. The van der Waals surface area contributed by atoms with Gasteiger partial charge < -0.3 is 4.42 Å². The zero-order valence-corrected chi connectivity index (χ0v) is 17.4. The van der Waals surface area contributed by atoms with Gasteiger partial charge in [-0.15, -0.1) is 11.3 Å². The number of Topliss-reactive ketones (excluding diaryl/α,β-unsaturated/α-hetero) is 1. The van der Waals surface area contributed by atoms with Gasteiger partial charge in [-0.25, -0.2) is 9.97 Å². The Kier molecular flexibility index (Phi) is 4.15. The van der Waals surface area contributed by atoms with Crippen LogP contribution >= 0.6 is 22.7 Å². The maximum Gasteiger partial charge on any atom is 0.293 e. The number of ketones is 1. The number of nitrogens with one attached hydrogen (secondary N) is 1. The Morgan fingerprint density at radius 3 is 2.76 bits per heavy atom. The van der Waals surface area contributed by atoms with Crippen molar-refractivity contribution < 1.29 is 14.0 Å². The van der Waals surface area contributed by atoms with E-state index in [4.69, 9.17) is 4.42 Å². The molecule has 3 heterocycles. The van der Waals surface area contributed by atoms with E-state index in [0.29, 0.717) is 22.2 Å². The first kappa shape index (κ1) is 18.2. The fraction of sp³-hybridized carbons (Fsp3) is 0.238. The normalized spacial score (nSPS) is 15.4. The number of nitrogens with zero attached hydrogens (tertiary/aromatic N) is 2. The van der Waals surface area contributed by atoms with E-state index < -0.39 is 5.91 Å². The second-order valence-corrected chi connectivity index (χ2v) is 9.87. The first-order chi connectivity index (χ1) is 13.9. The molecule has 0 aliphatic heterocycles. The van der Waals surface area contributed by atoms with E-state index in [2.05, 4.69) is 29.1 Å². The highest BCUT2D eigenvalue weighted by Gasteiger charge is 2.34. The van der Waals surface area contributed by atoms with E-state index in [1.807, 2.05) is 24.3 Å². The monoisotopic (exact) mass is 423 g/mol. The third kappa shape index (κ3) is 3.38. The lowest BCUT2D eigenvalue weighted by Crippen LogP contribution is -2.26. The van der Waals surface area contributed by atoms with Crippen molar-refractivity contribution in [2.75, 3.05) is 5.32 Å². The number of anilines is 1. The Morgan fingerprint density at radius 1 is 1.10 bits per heavy atom. The minimum absolute atomic E-state index is 0.0883. The van der Waals surface area contributed by atoms with Crippen molar-refractivity contribution in [1.29, 1.82) is 0 Å². The standard InChI is InChI=1S/C21H17N3O3S2/c1-21(2)9-12-17(13(25)10-21)29-20(23-12)24-18(26)14-7-8-15(27-14)19-22-11-5-3-4-6-16(11)28-19/h3-8H,9-10H2,1-2H3,(H,23,24,26). The van der Waals surface area contributed by atoms with Gasteiger partial charge in [-0.3, -0.25) is 14.9 Å². The summed E-state index contributed by atoms with van der Waals surface area (Å²) in [6.45, 7) is 4.11. The highest BCUT2D eigenvalue weighted by atomic mass is 32.1. The first-order valence-corrected chi connectivity index (χ1v) is 10.8. The van der Waals surface area contributed by atoms with Crippen molar-refractivity contribution in [2.45, 2.75) is 26.7 Å². The number of hydrogen-bond acceptors (Lipinski definition) is 7. The second-order valence-electron chi connectivity index (χ2n) is 7.84. The van der Waals surface area contributed by atoms with Gasteiger partial charge in [-0.05, 0) is 36.1 Å². The Morgan fingerprint density at radius 2 is 1.93 bits per heavy atom. The van der Waals surface area contributed by atoms with Crippen molar-refractivity contribution >= 4 is 49.7 Å². The molecule has 8 heteroatoms. The highest BCUT2D eigenvalue weighted by molar-refractivity contribution is 7.21. The highest BCUT2D eigenvalue weighted by Crippen LogP contribution is 2.38. The molecule has 0 saturated heterocycles. The number of carbonyl (C=O) groups is 2. The quantitative estimate of drug-likeness (QED) is 0.475. The van der Waals surface area contributed by atoms with E-state index in [1.54, 1.807) is 12.1 Å². The average Bonchev–Trinajstić information content (AvgIpc) is 3.37. The van der Waals surface area contributed by atoms with Gasteiger partial charge in [-0.1, -0.05) is 37.3 Å². The third-order valence-corrected chi connectivity index (χ3v) is 6.90. The summed E-state index contributed by atoms with van der Waals surface area (Å²) in [6, 6.07) is 11.2. The summed E-state index contributed by atoms with van der Waals surface area (Å²) in [4.78, 5) is 34.6. The van der Waals surface area contributed by atoms with Gasteiger partial charge in [0.25, 0.3) is 5.91 Å². The number of fused-ring (bicyclic) bond motifs is 2. The van der Waals surface area contributed by atoms with Crippen molar-refractivity contribution in [2.24, 2.45) is 5.41 Å². The Labute approximate surface area is 174 Å². The molecule has 0 atom stereocenters. The van der Waals surface area contributed by atoms with Crippen molar-refractivity contribution in [3.63, 3.8) is 0 Å². The molecule has 0 unspecified atom stereocenters. The van der Waals surface area contributed by atoms with Gasteiger partial charge in [-0.2, -0.15) is 0 Å². The van der Waals surface area contributed by atoms with Crippen LogP contribution in [0.1, 0.15) is 46.2 Å². The molecule has 0 radical (unpaired) electrons. The Balaban J connectivity index is 1.37. The number of carbonyl (C=O) groups excluding carboxylic acids is 2. The summed E-state index contributed by atoms with van der Waals surface area (Å²) in [6.07, 6.45) is 1.22. The van der Waals surface area contributed by atoms with Crippen LogP contribution < -0.4 is 5.32 Å². The molecule has 1 amide bonds. The maximum absolute atomic E-state index is 12.6. The van der Waals surface area contributed by atoms with Gasteiger partial charge in [0.2, 0.25) is 0 Å². The largest absolute Gasteiger partial charge is 0.448 e. The molecule has 4 aromatic rings. The van der Waals surface area contributed by atoms with Gasteiger partial charge in [0.15, 0.2) is 27.4 Å². The zero-order chi connectivity index (χ0) is 20.2. The number of benzene rings is 1. The van der Waals surface area contributed by atoms with Crippen LogP contribution in [0.5, 0.6) is 0 Å². The van der Waals surface area contributed by atoms with E-state index in [9.17, 15) is 9.59 Å². The number of furan rings is 1. The number of rotatable bonds is 3. The molecule has 0 spiro atoms. The predicted molar refractivity (Wildman–Crippen MR) is 114 cm³/mol. The SMILES string of the molecule is CC1(C)CC(=O)c2sc(NC(=O)c3ccc(-c4nc5ccccc5s4)o3)nc2C1. The van der Waals surface area contributed by atoms with Gasteiger partial charge in [0, 0.05) is 6.42 Å². The van der Waals surface area contributed by atoms with Crippen LogP contribution in [0.15, 0.2) is 40.8 Å². The topological polar surface area (TPSA) is 85.1 Å². The van der Waals surface area contributed by atoms with Crippen LogP contribution in [0.3, 0.4) is 0 Å². The Hall–Kier alpha value is -2.84. The number of aromatic nitrogens is 2. The van der Waals surface area contributed by atoms with E-state index in [1.165, 1.54) is 22.7 Å². The number of thiazole rings is 2. The lowest BCUT2D eigenvalue weighted by atomic mass is 9.78. The predicted octanol–water partition coefficient (Wildman–Crippen LogP) is 5.42. The molecule has 1 aliphatic rings. The molecule has 6 nitrogen and oxygen atoms in total. The van der Waals surface area contributed by atoms with Crippen LogP contribution in [0, 0.1) is 5.41 Å². The third-order valence-electron chi connectivity index (χ3n) is 4.79. The van der Waals surface area contributed by atoms with Gasteiger partial charge in [0.05, 0.1) is 20.8 Å². The molecule has 146 valence electrons. The number of amides is 1. The van der Waals surface area contributed by atoms with E-state index in [0.717, 1.165) is 27.3 Å². The minimum Gasteiger partial charge on any atom is -0.448 e. The molecule has 1 aliphatic carbocycles. The van der Waals surface area contributed by atoms with E-state index >= 15 is 0 Å². The molecule has 3 aromatic heterocycles. The van der Waals surface area contributed by atoms with Crippen LogP contribution in [0.25, 0.3) is 21.0 Å². The molecule has 1 N–H and O–H groups in total. The first-order valence-electron chi connectivity index (χ1n) is 9.18. The fourth-order valence-electron chi connectivity index (χ4n) is 3.48. The van der Waals surface area contributed by atoms with Gasteiger partial charge in [0.1, 0.15) is 0 Å². The number of hydrogen-bond donors (Lipinski definition) is 1. The van der Waals surface area contributed by atoms with Crippen LogP contribution in [0.2, 0.25) is 0 Å². The minimum atomic E-state index is -0.393. The molecule has 29 heavy (non-hydrogen) atoms. The summed E-state index contributed by atoms with van der Waals surface area (Å²) in [5.74, 6) is 0.423. The molecule has 1 aromatic carbocycles. The molecule has 0 bridgehead atoms. The van der Waals surface area contributed by atoms with Crippen molar-refractivity contribution in [1.82, 2.24) is 9.97 Å². The molecular formula is C21H17N3O3S2. The lowest BCUT2D eigenvalue weighted by molar-refractivity contribution is 0.0915. The van der Waals surface area contributed by atoms with Gasteiger partial charge >= 0.3 is 0 Å². The van der Waals surface area contributed by atoms with Crippen LogP contribution in [0.4, 0.5) is 5.13 Å². The molecular weight excluding hydrogens is 406 g/mol. The maximum atomic E-state index is 12.6. The summed E-state index contributed by atoms with van der Waals surface area (Å²) in [7, 11) is 0. The summed E-state index contributed by atoms with van der Waals surface area (Å²) >= 11 is 2.74. The summed E-state index contributed by atoms with van der Waals surface area (Å²) in [5.41, 5.74) is 1.56. The van der Waals surface area contributed by atoms with Crippen LogP contribution in [-0.2, 0) is 6.42 Å². The van der Waals surface area contributed by atoms with Crippen molar-refractivity contribution in [3.05, 3.63) is 52.7 Å². The summed E-state index contributed by atoms with van der Waals surface area (Å²) in [5, 5.41) is 3.91. The zero-order valence-electron chi connectivity index (χ0n) is 15.8. The van der Waals surface area contributed by atoms with Crippen LogP contribution in [-0.4, -0.2) is 21.7 Å². The smallest absolute Gasteiger partial charge is 0.293 e. The Bertz CT molecular complexity index is 1230. The molecule has 0 fully saturated rings. The molecule has 0 saturated carbocycles. The average molecular weight is 424 g/mol. The second kappa shape index (κ2) is 6.60.